The third-order valence-corrected chi connectivity index (χ3v) is 5.25. The van der Waals surface area contributed by atoms with Crippen LogP contribution >= 0.6 is 0 Å². The lowest BCUT2D eigenvalue weighted by Crippen LogP contribution is -2.54. The fourth-order valence-corrected chi connectivity index (χ4v) is 3.16. The summed E-state index contributed by atoms with van der Waals surface area (Å²) in [4.78, 5) is 36.8. The Morgan fingerprint density at radius 3 is 2.42 bits per heavy atom. The van der Waals surface area contributed by atoms with Crippen molar-refractivity contribution >= 4 is 17.7 Å². The smallest absolute Gasteiger partial charge is 0.247 e. The van der Waals surface area contributed by atoms with E-state index in [9.17, 15) is 24.6 Å². The molecular formula is C21H30N4O6. The van der Waals surface area contributed by atoms with Gasteiger partial charge in [0.25, 0.3) is 0 Å². The van der Waals surface area contributed by atoms with Gasteiger partial charge in [-0.25, -0.2) is 0 Å². The van der Waals surface area contributed by atoms with Crippen LogP contribution in [0.15, 0.2) is 35.9 Å². The molecule has 170 valence electrons. The standard InChI is InChI=1S/C21H30N4O6/c1-11(23-2)20(29)24-15-9-13(10-17(26)18(15)27)21(30)25-16(19(22)28)8-12-4-6-14(31-3)7-5-12/h4-7,9,11,15-18,23,26-27H,8,10H2,1-3H3,(H2,22,28)(H,24,29)(H,25,30)/t11-,15-,16-,17+,18+/m0/s1. The first-order valence-electron chi connectivity index (χ1n) is 9.93. The average Bonchev–Trinajstić information content (AvgIpc) is 2.75. The predicted molar refractivity (Wildman–Crippen MR) is 113 cm³/mol. The molecular weight excluding hydrogens is 404 g/mol. The number of carbonyl (C=O) groups is 3. The fourth-order valence-electron chi connectivity index (χ4n) is 3.16. The number of rotatable bonds is 9. The van der Waals surface area contributed by atoms with Gasteiger partial charge in [-0.05, 0) is 31.7 Å². The number of aliphatic hydroxyl groups is 2. The highest BCUT2D eigenvalue weighted by molar-refractivity contribution is 5.97. The lowest BCUT2D eigenvalue weighted by Gasteiger charge is -2.32. The molecule has 10 nitrogen and oxygen atoms in total. The molecule has 3 amide bonds. The second kappa shape index (κ2) is 10.9. The number of hydrogen-bond acceptors (Lipinski definition) is 7. The van der Waals surface area contributed by atoms with Crippen LogP contribution in [0.25, 0.3) is 0 Å². The third kappa shape index (κ3) is 6.51. The summed E-state index contributed by atoms with van der Waals surface area (Å²) in [7, 11) is 3.15. The quantitative estimate of drug-likeness (QED) is 0.271. The van der Waals surface area contributed by atoms with Gasteiger partial charge < -0.3 is 36.6 Å². The predicted octanol–water partition coefficient (Wildman–Crippen LogP) is -1.65. The molecule has 10 heteroatoms. The molecule has 31 heavy (non-hydrogen) atoms. The minimum Gasteiger partial charge on any atom is -0.497 e. The number of benzene rings is 1. The van der Waals surface area contributed by atoms with E-state index in [4.69, 9.17) is 10.5 Å². The summed E-state index contributed by atoms with van der Waals surface area (Å²) in [6, 6.07) is 4.52. The van der Waals surface area contributed by atoms with E-state index >= 15 is 0 Å². The molecule has 1 aromatic rings. The van der Waals surface area contributed by atoms with Crippen molar-refractivity contribution in [1.29, 1.82) is 0 Å². The summed E-state index contributed by atoms with van der Waals surface area (Å²) in [5.74, 6) is -1.06. The highest BCUT2D eigenvalue weighted by Gasteiger charge is 2.35. The minimum absolute atomic E-state index is 0.130. The molecule has 0 spiro atoms. The Morgan fingerprint density at radius 2 is 1.87 bits per heavy atom. The third-order valence-electron chi connectivity index (χ3n) is 5.25. The zero-order valence-electron chi connectivity index (χ0n) is 17.8. The molecule has 2 rings (SSSR count). The monoisotopic (exact) mass is 434 g/mol. The van der Waals surface area contributed by atoms with Crippen LogP contribution in [0, 0.1) is 0 Å². The van der Waals surface area contributed by atoms with Gasteiger partial charge in [0.05, 0.1) is 25.3 Å². The van der Waals surface area contributed by atoms with E-state index in [1.807, 2.05) is 0 Å². The van der Waals surface area contributed by atoms with E-state index in [1.165, 1.54) is 6.08 Å². The van der Waals surface area contributed by atoms with Gasteiger partial charge in [0.1, 0.15) is 17.9 Å². The van der Waals surface area contributed by atoms with E-state index in [0.29, 0.717) is 5.75 Å². The van der Waals surface area contributed by atoms with Gasteiger partial charge >= 0.3 is 0 Å². The Morgan fingerprint density at radius 1 is 1.23 bits per heavy atom. The lowest BCUT2D eigenvalue weighted by atomic mass is 9.89. The van der Waals surface area contributed by atoms with Crippen LogP contribution in [0.1, 0.15) is 18.9 Å². The fraction of sp³-hybridized carbons (Fsp3) is 0.476. The molecule has 1 aliphatic rings. The first kappa shape index (κ1) is 24.3. The number of nitrogens with two attached hydrogens (primary N) is 1. The summed E-state index contributed by atoms with van der Waals surface area (Å²) >= 11 is 0. The Kier molecular flexibility index (Phi) is 8.55. The van der Waals surface area contributed by atoms with Gasteiger partial charge in [0.15, 0.2) is 0 Å². The number of ether oxygens (including phenoxy) is 1. The molecule has 0 saturated heterocycles. The van der Waals surface area contributed by atoms with Gasteiger partial charge in [-0.15, -0.1) is 0 Å². The molecule has 0 saturated carbocycles. The van der Waals surface area contributed by atoms with Crippen LogP contribution in [-0.2, 0) is 20.8 Å². The van der Waals surface area contributed by atoms with Crippen molar-refractivity contribution in [3.05, 3.63) is 41.5 Å². The van der Waals surface area contributed by atoms with Crippen LogP contribution in [-0.4, -0.2) is 72.4 Å². The molecule has 0 bridgehead atoms. The summed E-state index contributed by atoms with van der Waals surface area (Å²) in [6.07, 6.45) is -1.10. The minimum atomic E-state index is -1.27. The SMILES string of the molecule is CN[C@@H](C)C(=O)N[C@H]1C=C(C(=O)N[C@@H](Cc2ccc(OC)cc2)C(N)=O)C[C@@H](O)[C@@H]1O. The molecule has 7 N–H and O–H groups in total. The first-order valence-corrected chi connectivity index (χ1v) is 9.93. The van der Waals surface area contributed by atoms with Crippen molar-refractivity contribution in [2.45, 2.75) is 50.1 Å². The maximum Gasteiger partial charge on any atom is 0.247 e. The van der Waals surface area contributed by atoms with Crippen molar-refractivity contribution in [3.63, 3.8) is 0 Å². The summed E-state index contributed by atoms with van der Waals surface area (Å²) < 4.78 is 5.10. The number of nitrogens with one attached hydrogen (secondary N) is 3. The number of amides is 3. The molecule has 5 atom stereocenters. The molecule has 0 unspecified atom stereocenters. The topological polar surface area (TPSA) is 163 Å². The number of likely N-dealkylation sites (N-methyl/N-ethyl adjacent to an activating group) is 1. The summed E-state index contributed by atoms with van der Waals surface area (Å²) in [5.41, 5.74) is 6.37. The molecule has 0 radical (unpaired) electrons. The number of methoxy groups -OCH3 is 1. The van der Waals surface area contributed by atoms with Crippen LogP contribution in [0.4, 0.5) is 0 Å². The Balaban J connectivity index is 2.12. The van der Waals surface area contributed by atoms with Gasteiger partial charge in [0.2, 0.25) is 17.7 Å². The van der Waals surface area contributed by atoms with Crippen LogP contribution in [0.2, 0.25) is 0 Å². The van der Waals surface area contributed by atoms with Crippen molar-refractivity contribution < 1.29 is 29.3 Å². The second-order valence-corrected chi connectivity index (χ2v) is 7.48. The first-order chi connectivity index (χ1) is 14.7. The van der Waals surface area contributed by atoms with E-state index in [1.54, 1.807) is 45.3 Å². The number of hydrogen-bond donors (Lipinski definition) is 6. The van der Waals surface area contributed by atoms with Crippen molar-refractivity contribution in [3.8, 4) is 5.75 Å². The van der Waals surface area contributed by atoms with E-state index in [0.717, 1.165) is 5.56 Å². The van der Waals surface area contributed by atoms with Crippen LogP contribution in [0.3, 0.4) is 0 Å². The molecule has 0 aromatic heterocycles. The lowest BCUT2D eigenvalue weighted by molar-refractivity contribution is -0.126. The largest absolute Gasteiger partial charge is 0.497 e. The number of carbonyl (C=O) groups excluding carboxylic acids is 3. The van der Waals surface area contributed by atoms with E-state index in [-0.39, 0.29) is 18.4 Å². The average molecular weight is 434 g/mol. The van der Waals surface area contributed by atoms with Crippen molar-refractivity contribution in [1.82, 2.24) is 16.0 Å². The van der Waals surface area contributed by atoms with Crippen molar-refractivity contribution in [2.75, 3.05) is 14.2 Å². The molecule has 1 aromatic carbocycles. The summed E-state index contributed by atoms with van der Waals surface area (Å²) in [6.45, 7) is 1.63. The van der Waals surface area contributed by atoms with Crippen molar-refractivity contribution in [2.24, 2.45) is 5.73 Å². The Labute approximate surface area is 180 Å². The van der Waals surface area contributed by atoms with Gasteiger partial charge in [0, 0.05) is 18.4 Å². The molecule has 0 fully saturated rings. The van der Waals surface area contributed by atoms with E-state index < -0.39 is 48.1 Å². The normalized spacial score (nSPS) is 22.6. The zero-order chi connectivity index (χ0) is 23.1. The Hall–Kier alpha value is -2.95. The van der Waals surface area contributed by atoms with Gasteiger partial charge in [-0.2, -0.15) is 0 Å². The maximum atomic E-state index is 12.8. The molecule has 1 aliphatic carbocycles. The zero-order valence-corrected chi connectivity index (χ0v) is 17.8. The van der Waals surface area contributed by atoms with Gasteiger partial charge in [-0.1, -0.05) is 18.2 Å². The number of aliphatic hydroxyl groups excluding tert-OH is 2. The van der Waals surface area contributed by atoms with Gasteiger partial charge in [-0.3, -0.25) is 14.4 Å². The highest BCUT2D eigenvalue weighted by atomic mass is 16.5. The van der Waals surface area contributed by atoms with Crippen LogP contribution < -0.4 is 26.4 Å². The highest BCUT2D eigenvalue weighted by Crippen LogP contribution is 2.20. The summed E-state index contributed by atoms with van der Waals surface area (Å²) in [5, 5.41) is 28.3. The second-order valence-electron chi connectivity index (χ2n) is 7.48. The van der Waals surface area contributed by atoms with Crippen LogP contribution in [0.5, 0.6) is 5.75 Å². The number of primary amides is 1. The van der Waals surface area contributed by atoms with E-state index in [2.05, 4.69) is 16.0 Å². The Bertz CT molecular complexity index is 826. The maximum absolute atomic E-state index is 12.8. The molecule has 0 heterocycles. The molecule has 0 aliphatic heterocycles.